The topological polar surface area (TPSA) is 67.9 Å². The van der Waals surface area contributed by atoms with Crippen LogP contribution in [0.15, 0.2) is 66.1 Å². The second-order valence-corrected chi connectivity index (χ2v) is 8.34. The van der Waals surface area contributed by atoms with Gasteiger partial charge in [-0.3, -0.25) is 9.59 Å². The van der Waals surface area contributed by atoms with Gasteiger partial charge in [0.15, 0.2) is 0 Å². The molecule has 1 N–H and O–H groups in total. The molecule has 0 radical (unpaired) electrons. The van der Waals surface area contributed by atoms with Crippen LogP contribution in [-0.4, -0.2) is 42.5 Å². The summed E-state index contributed by atoms with van der Waals surface area (Å²) in [5.74, 6) is 0.563. The third-order valence-corrected chi connectivity index (χ3v) is 6.73. The van der Waals surface area contributed by atoms with E-state index in [1.807, 2.05) is 47.4 Å². The highest BCUT2D eigenvalue weighted by atomic mass is 16.6. The predicted molar refractivity (Wildman–Crippen MR) is 116 cm³/mol. The molecule has 1 saturated heterocycles. The molecule has 6 nitrogen and oxygen atoms in total. The molecule has 0 aliphatic carbocycles. The number of carbonyl (C=O) groups excluding carboxylic acids is 2. The fraction of sp³-hybridized carbons (Fsp3) is 0.360. The largest absolute Gasteiger partial charge is 0.491 e. The minimum atomic E-state index is -0.745. The Kier molecular flexibility index (Phi) is 4.93. The van der Waals surface area contributed by atoms with Gasteiger partial charge in [0.2, 0.25) is 11.7 Å². The number of rotatable bonds is 4. The van der Waals surface area contributed by atoms with Crippen LogP contribution in [-0.2, 0) is 30.9 Å². The Labute approximate surface area is 181 Å². The zero-order chi connectivity index (χ0) is 21.4. The van der Waals surface area contributed by atoms with Gasteiger partial charge in [0.05, 0.1) is 11.5 Å². The molecule has 0 saturated carbocycles. The third-order valence-electron chi connectivity index (χ3n) is 6.73. The second-order valence-electron chi connectivity index (χ2n) is 8.34. The van der Waals surface area contributed by atoms with Gasteiger partial charge in [-0.25, -0.2) is 0 Å². The Morgan fingerprint density at radius 2 is 1.84 bits per heavy atom. The average Bonchev–Trinajstić information content (AvgIpc) is 3.32. The number of nitrogens with zero attached hydrogens (tertiary/aromatic N) is 1. The number of ether oxygens (including phenoxy) is 2. The fourth-order valence-electron chi connectivity index (χ4n) is 5.24. The van der Waals surface area contributed by atoms with Crippen LogP contribution < -0.4 is 5.32 Å². The highest BCUT2D eigenvalue weighted by molar-refractivity contribution is 6.08. The number of para-hydroxylation sites is 1. The van der Waals surface area contributed by atoms with Crippen LogP contribution in [0.2, 0.25) is 0 Å². The number of nitrogens with one attached hydrogen (secondary N) is 1. The molecule has 2 aromatic rings. The van der Waals surface area contributed by atoms with Gasteiger partial charge in [-0.05, 0) is 43.4 Å². The average molecular weight is 418 g/mol. The van der Waals surface area contributed by atoms with Crippen LogP contribution in [0.1, 0.15) is 30.9 Å². The molecule has 0 unspecified atom stereocenters. The summed E-state index contributed by atoms with van der Waals surface area (Å²) in [5, 5.41) is 3.06. The molecule has 6 heteroatoms. The summed E-state index contributed by atoms with van der Waals surface area (Å²) in [6, 6.07) is 17.8. The van der Waals surface area contributed by atoms with E-state index in [0.717, 1.165) is 17.7 Å². The van der Waals surface area contributed by atoms with Crippen molar-refractivity contribution in [1.82, 2.24) is 4.90 Å². The first-order valence-electron chi connectivity index (χ1n) is 10.8. The van der Waals surface area contributed by atoms with Gasteiger partial charge < -0.3 is 19.7 Å². The van der Waals surface area contributed by atoms with Crippen LogP contribution in [0.4, 0.5) is 5.69 Å². The number of amides is 2. The second kappa shape index (κ2) is 7.76. The standard InChI is InChI=1S/C25H26N2O4/c1-17-22(31-16-15-30-17)23(28)27-14-13-25(19-9-5-6-10-20(19)26-24(25)29)21(27)12-11-18-7-3-2-4-8-18/h2-10,21H,11-16H2,1H3,(H,26,29)/t21-,25+/m0/s1. The zero-order valence-corrected chi connectivity index (χ0v) is 17.6. The van der Waals surface area contributed by atoms with Gasteiger partial charge in [0, 0.05) is 12.2 Å². The van der Waals surface area contributed by atoms with Crippen LogP contribution in [0.3, 0.4) is 0 Å². The SMILES string of the molecule is CC1=C(C(=O)N2CC[C@]3(C(=O)Nc4ccccc43)[C@@H]2CCc2ccccc2)OCCO1. The molecular formula is C25H26N2O4. The van der Waals surface area contributed by atoms with Crippen molar-refractivity contribution in [3.8, 4) is 0 Å². The van der Waals surface area contributed by atoms with Crippen LogP contribution in [0.25, 0.3) is 0 Å². The van der Waals surface area contributed by atoms with Crippen LogP contribution in [0.5, 0.6) is 0 Å². The molecule has 2 atom stereocenters. The third kappa shape index (κ3) is 3.17. The van der Waals surface area contributed by atoms with Gasteiger partial charge in [-0.15, -0.1) is 0 Å². The number of likely N-dealkylation sites (tertiary alicyclic amines) is 1. The normalized spacial score (nSPS) is 24.6. The molecule has 3 aliphatic rings. The number of allylic oxidation sites excluding steroid dienone is 1. The number of aryl methyl sites for hydroxylation is 1. The van der Waals surface area contributed by atoms with Gasteiger partial charge >= 0.3 is 0 Å². The van der Waals surface area contributed by atoms with E-state index in [9.17, 15) is 9.59 Å². The Bertz CT molecular complexity index is 1050. The zero-order valence-electron chi connectivity index (χ0n) is 17.6. The van der Waals surface area contributed by atoms with Crippen molar-refractivity contribution >= 4 is 17.5 Å². The highest BCUT2D eigenvalue weighted by Crippen LogP contribution is 2.49. The van der Waals surface area contributed by atoms with Gasteiger partial charge in [-0.2, -0.15) is 0 Å². The highest BCUT2D eigenvalue weighted by Gasteiger charge is 2.58. The summed E-state index contributed by atoms with van der Waals surface area (Å²) in [4.78, 5) is 28.7. The lowest BCUT2D eigenvalue weighted by molar-refractivity contribution is -0.135. The lowest BCUT2D eigenvalue weighted by atomic mass is 9.73. The predicted octanol–water partition coefficient (Wildman–Crippen LogP) is 3.39. The van der Waals surface area contributed by atoms with Crippen molar-refractivity contribution < 1.29 is 19.1 Å². The molecule has 3 aliphatic heterocycles. The lowest BCUT2D eigenvalue weighted by Gasteiger charge is -2.35. The summed E-state index contributed by atoms with van der Waals surface area (Å²) in [6.45, 7) is 3.06. The van der Waals surface area contributed by atoms with E-state index in [4.69, 9.17) is 9.47 Å². The molecule has 3 heterocycles. The molecule has 160 valence electrons. The first kappa shape index (κ1) is 19.7. The first-order chi connectivity index (χ1) is 15.1. The fourth-order valence-corrected chi connectivity index (χ4v) is 5.24. The molecule has 1 spiro atoms. The Balaban J connectivity index is 1.53. The molecule has 0 aromatic heterocycles. The smallest absolute Gasteiger partial charge is 0.292 e. The quantitative estimate of drug-likeness (QED) is 0.827. The van der Waals surface area contributed by atoms with Crippen molar-refractivity contribution in [1.29, 1.82) is 0 Å². The summed E-state index contributed by atoms with van der Waals surface area (Å²) < 4.78 is 11.2. The molecular weight excluding hydrogens is 392 g/mol. The maximum atomic E-state index is 13.5. The summed E-state index contributed by atoms with van der Waals surface area (Å²) in [7, 11) is 0. The van der Waals surface area contributed by atoms with E-state index in [1.165, 1.54) is 5.56 Å². The molecule has 2 amide bonds. The Morgan fingerprint density at radius 3 is 2.65 bits per heavy atom. The first-order valence-corrected chi connectivity index (χ1v) is 10.8. The van der Waals surface area contributed by atoms with Gasteiger partial charge in [0.1, 0.15) is 19.0 Å². The van der Waals surface area contributed by atoms with Crippen molar-refractivity contribution in [3.05, 3.63) is 77.2 Å². The maximum absolute atomic E-state index is 13.5. The summed E-state index contributed by atoms with van der Waals surface area (Å²) in [6.07, 6.45) is 2.06. The maximum Gasteiger partial charge on any atom is 0.292 e. The number of anilines is 1. The van der Waals surface area contributed by atoms with Crippen LogP contribution in [0, 0.1) is 0 Å². The molecule has 5 rings (SSSR count). The van der Waals surface area contributed by atoms with E-state index in [-0.39, 0.29) is 23.6 Å². The number of benzene rings is 2. The molecule has 0 bridgehead atoms. The number of hydrogen-bond acceptors (Lipinski definition) is 4. The van der Waals surface area contributed by atoms with Crippen LogP contribution >= 0.6 is 0 Å². The van der Waals surface area contributed by atoms with Crippen molar-refractivity contribution in [2.24, 2.45) is 0 Å². The monoisotopic (exact) mass is 418 g/mol. The lowest BCUT2D eigenvalue weighted by Crippen LogP contribution is -2.49. The van der Waals surface area contributed by atoms with E-state index in [1.54, 1.807) is 6.92 Å². The Morgan fingerprint density at radius 1 is 1.10 bits per heavy atom. The van der Waals surface area contributed by atoms with E-state index >= 15 is 0 Å². The summed E-state index contributed by atoms with van der Waals surface area (Å²) in [5.41, 5.74) is 2.28. The van der Waals surface area contributed by atoms with E-state index < -0.39 is 5.41 Å². The summed E-state index contributed by atoms with van der Waals surface area (Å²) >= 11 is 0. The molecule has 31 heavy (non-hydrogen) atoms. The molecule has 2 aromatic carbocycles. The number of fused-ring (bicyclic) bond motifs is 2. The van der Waals surface area contributed by atoms with Gasteiger partial charge in [-0.1, -0.05) is 48.5 Å². The number of carbonyl (C=O) groups is 2. The Hall–Kier alpha value is -3.28. The minimum absolute atomic E-state index is 0.0198. The minimum Gasteiger partial charge on any atom is -0.491 e. The van der Waals surface area contributed by atoms with E-state index in [2.05, 4.69) is 17.4 Å². The van der Waals surface area contributed by atoms with Gasteiger partial charge in [0.25, 0.3) is 5.91 Å². The van der Waals surface area contributed by atoms with E-state index in [0.29, 0.717) is 38.4 Å². The van der Waals surface area contributed by atoms with Crippen molar-refractivity contribution in [2.45, 2.75) is 37.6 Å². The van der Waals surface area contributed by atoms with Crippen molar-refractivity contribution in [2.75, 3.05) is 25.1 Å². The number of hydrogen-bond donors (Lipinski definition) is 1. The molecule has 1 fully saturated rings. The van der Waals surface area contributed by atoms with Crippen molar-refractivity contribution in [3.63, 3.8) is 0 Å².